The van der Waals surface area contributed by atoms with Crippen molar-refractivity contribution in [1.29, 1.82) is 0 Å². The molecule has 2 rings (SSSR count). The lowest BCUT2D eigenvalue weighted by Crippen LogP contribution is -2.26. The van der Waals surface area contributed by atoms with Gasteiger partial charge in [-0.3, -0.25) is 19.9 Å². The molecular formula is C13H10ClN3O3. The number of nitrogens with zero attached hydrogens (tertiary/aromatic N) is 3. The largest absolute Gasteiger partial charge is 0.311 e. The molecule has 0 unspecified atom stereocenters. The normalized spacial score (nSPS) is 10.1. The number of aromatic nitrogens is 1. The van der Waals surface area contributed by atoms with Crippen LogP contribution in [0.5, 0.6) is 0 Å². The first-order chi connectivity index (χ1) is 9.50. The maximum Gasteiger partial charge on any atom is 0.282 e. The molecule has 0 bridgehead atoms. The van der Waals surface area contributed by atoms with E-state index in [9.17, 15) is 14.9 Å². The minimum atomic E-state index is -0.607. The minimum Gasteiger partial charge on any atom is -0.311 e. The Bertz CT molecular complexity index is 661. The molecule has 2 aromatic rings. The molecule has 1 aromatic heterocycles. The van der Waals surface area contributed by atoms with Crippen LogP contribution in [0, 0.1) is 10.1 Å². The molecule has 0 atom stereocenters. The summed E-state index contributed by atoms with van der Waals surface area (Å²) >= 11 is 5.81. The number of pyridine rings is 1. The van der Waals surface area contributed by atoms with Crippen molar-refractivity contribution in [2.24, 2.45) is 0 Å². The monoisotopic (exact) mass is 291 g/mol. The van der Waals surface area contributed by atoms with Crippen LogP contribution in [0.15, 0.2) is 42.7 Å². The van der Waals surface area contributed by atoms with Crippen molar-refractivity contribution in [3.05, 3.63) is 63.4 Å². The van der Waals surface area contributed by atoms with Gasteiger partial charge in [0.25, 0.3) is 11.6 Å². The van der Waals surface area contributed by atoms with E-state index < -0.39 is 10.8 Å². The lowest BCUT2D eigenvalue weighted by Gasteiger charge is -2.17. The second-order valence-corrected chi connectivity index (χ2v) is 4.42. The van der Waals surface area contributed by atoms with Gasteiger partial charge >= 0.3 is 0 Å². The van der Waals surface area contributed by atoms with Crippen molar-refractivity contribution < 1.29 is 9.72 Å². The first-order valence-electron chi connectivity index (χ1n) is 5.62. The minimum absolute atomic E-state index is 0.0539. The zero-order valence-electron chi connectivity index (χ0n) is 10.5. The van der Waals surface area contributed by atoms with Gasteiger partial charge < -0.3 is 4.90 Å². The van der Waals surface area contributed by atoms with E-state index in [2.05, 4.69) is 4.98 Å². The molecule has 0 aliphatic carbocycles. The molecule has 0 spiro atoms. The number of hydrogen-bond acceptors (Lipinski definition) is 4. The summed E-state index contributed by atoms with van der Waals surface area (Å²) in [6.45, 7) is 0. The highest BCUT2D eigenvalue weighted by Crippen LogP contribution is 2.25. The molecule has 6 nitrogen and oxygen atoms in total. The van der Waals surface area contributed by atoms with Crippen LogP contribution in [-0.2, 0) is 0 Å². The number of carbonyl (C=O) groups excluding carboxylic acids is 1. The van der Waals surface area contributed by atoms with Crippen molar-refractivity contribution in [1.82, 2.24) is 4.98 Å². The smallest absolute Gasteiger partial charge is 0.282 e. The SMILES string of the molecule is CN(C(=O)c1cc(Cl)ccc1[N+](=O)[O-])c1ccncc1. The lowest BCUT2D eigenvalue weighted by atomic mass is 10.1. The van der Waals surface area contributed by atoms with E-state index >= 15 is 0 Å². The summed E-state index contributed by atoms with van der Waals surface area (Å²) < 4.78 is 0. The van der Waals surface area contributed by atoms with Crippen molar-refractivity contribution in [3.63, 3.8) is 0 Å². The summed E-state index contributed by atoms with van der Waals surface area (Å²) in [6.07, 6.45) is 3.07. The molecular weight excluding hydrogens is 282 g/mol. The van der Waals surface area contributed by atoms with Crippen LogP contribution in [-0.4, -0.2) is 22.9 Å². The highest BCUT2D eigenvalue weighted by Gasteiger charge is 2.23. The van der Waals surface area contributed by atoms with Crippen LogP contribution >= 0.6 is 11.6 Å². The zero-order chi connectivity index (χ0) is 14.7. The third-order valence-corrected chi connectivity index (χ3v) is 2.98. The predicted octanol–water partition coefficient (Wildman–Crippen LogP) is 2.92. The predicted molar refractivity (Wildman–Crippen MR) is 75.1 cm³/mol. The molecule has 0 aliphatic rings. The summed E-state index contributed by atoms with van der Waals surface area (Å²) in [5.41, 5.74) is 0.251. The number of nitro benzene ring substituents is 1. The van der Waals surface area contributed by atoms with E-state index in [0.717, 1.165) is 0 Å². The first-order valence-corrected chi connectivity index (χ1v) is 6.00. The maximum atomic E-state index is 12.4. The topological polar surface area (TPSA) is 76.3 Å². The number of nitro groups is 1. The quantitative estimate of drug-likeness (QED) is 0.643. The van der Waals surface area contributed by atoms with Crippen LogP contribution in [0.25, 0.3) is 0 Å². The molecule has 0 N–H and O–H groups in total. The standard InChI is InChI=1S/C13H10ClN3O3/c1-16(10-4-6-15-7-5-10)13(18)11-8-9(14)2-3-12(11)17(19)20/h2-8H,1H3. The molecule has 0 aliphatic heterocycles. The van der Waals surface area contributed by atoms with E-state index in [4.69, 9.17) is 11.6 Å². The van der Waals surface area contributed by atoms with Crippen molar-refractivity contribution in [3.8, 4) is 0 Å². The Labute approximate surface area is 119 Å². The molecule has 0 saturated heterocycles. The van der Waals surface area contributed by atoms with Crippen molar-refractivity contribution in [2.75, 3.05) is 11.9 Å². The third-order valence-electron chi connectivity index (χ3n) is 2.74. The number of rotatable bonds is 3. The molecule has 0 saturated carbocycles. The second kappa shape index (κ2) is 5.66. The van der Waals surface area contributed by atoms with Gasteiger partial charge in [0, 0.05) is 36.2 Å². The molecule has 0 fully saturated rings. The summed E-state index contributed by atoms with van der Waals surface area (Å²) in [5.74, 6) is -0.509. The van der Waals surface area contributed by atoms with Crippen LogP contribution < -0.4 is 4.90 Å². The van der Waals surface area contributed by atoms with Gasteiger partial charge in [-0.15, -0.1) is 0 Å². The molecule has 7 heteroatoms. The first kappa shape index (κ1) is 14.0. The van der Waals surface area contributed by atoms with Gasteiger partial charge in [0.2, 0.25) is 0 Å². The highest BCUT2D eigenvalue weighted by atomic mass is 35.5. The molecule has 1 amide bonds. The Morgan fingerprint density at radius 3 is 2.55 bits per heavy atom. The number of hydrogen-bond donors (Lipinski definition) is 0. The lowest BCUT2D eigenvalue weighted by molar-refractivity contribution is -0.385. The average molecular weight is 292 g/mol. The van der Waals surface area contributed by atoms with Gasteiger partial charge in [0.1, 0.15) is 5.56 Å². The van der Waals surface area contributed by atoms with Crippen LogP contribution in [0.4, 0.5) is 11.4 Å². The Kier molecular flexibility index (Phi) is 3.95. The van der Waals surface area contributed by atoms with Crippen LogP contribution in [0.2, 0.25) is 5.02 Å². The second-order valence-electron chi connectivity index (χ2n) is 3.99. The van der Waals surface area contributed by atoms with Crippen LogP contribution in [0.1, 0.15) is 10.4 Å². The van der Waals surface area contributed by atoms with Gasteiger partial charge in [0.05, 0.1) is 4.92 Å². The Balaban J connectivity index is 2.43. The van der Waals surface area contributed by atoms with Gasteiger partial charge in [-0.05, 0) is 24.3 Å². The van der Waals surface area contributed by atoms with Gasteiger partial charge in [-0.2, -0.15) is 0 Å². The Morgan fingerprint density at radius 1 is 1.30 bits per heavy atom. The number of carbonyl (C=O) groups is 1. The van der Waals surface area contributed by atoms with E-state index in [-0.39, 0.29) is 16.3 Å². The van der Waals surface area contributed by atoms with Crippen LogP contribution in [0.3, 0.4) is 0 Å². The van der Waals surface area contributed by atoms with Gasteiger partial charge in [0.15, 0.2) is 0 Å². The maximum absolute atomic E-state index is 12.4. The summed E-state index contributed by atoms with van der Waals surface area (Å²) in [4.78, 5) is 27.9. The molecule has 102 valence electrons. The number of halogens is 1. The summed E-state index contributed by atoms with van der Waals surface area (Å²) in [5, 5.41) is 11.2. The summed E-state index contributed by atoms with van der Waals surface area (Å²) in [7, 11) is 1.53. The Morgan fingerprint density at radius 2 is 1.95 bits per heavy atom. The number of benzene rings is 1. The fourth-order valence-corrected chi connectivity index (χ4v) is 1.88. The van der Waals surface area contributed by atoms with E-state index in [1.165, 1.54) is 42.5 Å². The Hall–Kier alpha value is -2.47. The van der Waals surface area contributed by atoms with Gasteiger partial charge in [-0.1, -0.05) is 11.6 Å². The van der Waals surface area contributed by atoms with E-state index in [1.54, 1.807) is 12.1 Å². The average Bonchev–Trinajstić information content (AvgIpc) is 2.46. The van der Waals surface area contributed by atoms with Crippen molar-refractivity contribution in [2.45, 2.75) is 0 Å². The summed E-state index contributed by atoms with van der Waals surface area (Å²) in [6, 6.07) is 7.15. The molecule has 1 aromatic carbocycles. The molecule has 20 heavy (non-hydrogen) atoms. The fraction of sp³-hybridized carbons (Fsp3) is 0.0769. The van der Waals surface area contributed by atoms with Gasteiger partial charge in [-0.25, -0.2) is 0 Å². The van der Waals surface area contributed by atoms with E-state index in [0.29, 0.717) is 5.69 Å². The third kappa shape index (κ3) is 2.75. The molecule has 1 heterocycles. The number of amides is 1. The highest BCUT2D eigenvalue weighted by molar-refractivity contribution is 6.31. The number of anilines is 1. The fourth-order valence-electron chi connectivity index (χ4n) is 1.70. The zero-order valence-corrected chi connectivity index (χ0v) is 11.2. The van der Waals surface area contributed by atoms with Crippen molar-refractivity contribution >= 4 is 28.9 Å². The molecule has 0 radical (unpaired) electrons. The van der Waals surface area contributed by atoms with E-state index in [1.807, 2.05) is 0 Å².